The van der Waals surface area contributed by atoms with Gasteiger partial charge >= 0.3 is 0 Å². The topological polar surface area (TPSA) is 29.5 Å². The molecule has 0 saturated heterocycles. The van der Waals surface area contributed by atoms with Gasteiger partial charge < -0.3 is 9.64 Å². The van der Waals surface area contributed by atoms with Crippen molar-refractivity contribution in [1.29, 1.82) is 0 Å². The number of ether oxygens (including phenoxy) is 1. The molecule has 1 heterocycles. The monoisotopic (exact) mass is 271 g/mol. The number of amides is 1. The van der Waals surface area contributed by atoms with E-state index in [-0.39, 0.29) is 18.0 Å². The minimum atomic E-state index is -0.385. The van der Waals surface area contributed by atoms with Crippen LogP contribution >= 0.6 is 0 Å². The molecule has 0 radical (unpaired) electrons. The Kier molecular flexibility index (Phi) is 3.24. The molecule has 0 unspecified atom stereocenters. The van der Waals surface area contributed by atoms with Crippen molar-refractivity contribution >= 4 is 5.91 Å². The van der Waals surface area contributed by atoms with E-state index in [4.69, 9.17) is 4.74 Å². The molecule has 0 spiro atoms. The zero-order valence-electron chi connectivity index (χ0n) is 11.0. The third kappa shape index (κ3) is 2.08. The average Bonchev–Trinajstić information content (AvgIpc) is 2.74. The first-order valence-electron chi connectivity index (χ1n) is 6.38. The molecule has 0 bridgehead atoms. The molecule has 102 valence electrons. The van der Waals surface area contributed by atoms with Gasteiger partial charge in [-0.1, -0.05) is 30.3 Å². The predicted octanol–water partition coefficient (Wildman–Crippen LogP) is 3.13. The third-order valence-corrected chi connectivity index (χ3v) is 3.49. The Morgan fingerprint density at radius 2 is 1.85 bits per heavy atom. The molecule has 2 aromatic carbocycles. The fourth-order valence-corrected chi connectivity index (χ4v) is 2.53. The summed E-state index contributed by atoms with van der Waals surface area (Å²) >= 11 is 0. The standard InChI is InChI=1S/C16H14FNO2/c1-20-16-14-5-3-2-4-13(14)15(19)18(16)10-11-6-8-12(17)9-7-11/h2-9,16H,10H2,1H3/t16-/m1/s1. The van der Waals surface area contributed by atoms with E-state index in [1.807, 2.05) is 18.2 Å². The van der Waals surface area contributed by atoms with Gasteiger partial charge in [-0.2, -0.15) is 0 Å². The molecule has 3 rings (SSSR count). The molecule has 1 aliphatic heterocycles. The smallest absolute Gasteiger partial charge is 0.256 e. The first-order chi connectivity index (χ1) is 9.70. The normalized spacial score (nSPS) is 17.4. The average molecular weight is 271 g/mol. The summed E-state index contributed by atoms with van der Waals surface area (Å²) in [6, 6.07) is 13.6. The zero-order valence-corrected chi connectivity index (χ0v) is 11.0. The van der Waals surface area contributed by atoms with Crippen molar-refractivity contribution in [1.82, 2.24) is 4.90 Å². The fourth-order valence-electron chi connectivity index (χ4n) is 2.53. The highest BCUT2D eigenvalue weighted by Crippen LogP contribution is 2.34. The van der Waals surface area contributed by atoms with Crippen molar-refractivity contribution < 1.29 is 13.9 Å². The molecular weight excluding hydrogens is 257 g/mol. The number of nitrogens with zero attached hydrogens (tertiary/aromatic N) is 1. The van der Waals surface area contributed by atoms with E-state index in [9.17, 15) is 9.18 Å². The second kappa shape index (κ2) is 5.06. The second-order valence-corrected chi connectivity index (χ2v) is 4.73. The summed E-state index contributed by atoms with van der Waals surface area (Å²) in [4.78, 5) is 14.1. The van der Waals surface area contributed by atoms with Crippen LogP contribution in [0.3, 0.4) is 0 Å². The maximum absolute atomic E-state index is 12.9. The summed E-state index contributed by atoms with van der Waals surface area (Å²) in [7, 11) is 1.58. The molecule has 20 heavy (non-hydrogen) atoms. The molecule has 1 amide bonds. The van der Waals surface area contributed by atoms with Gasteiger partial charge in [0, 0.05) is 24.8 Å². The molecule has 2 aromatic rings. The van der Waals surface area contributed by atoms with Crippen LogP contribution in [0.4, 0.5) is 4.39 Å². The first-order valence-corrected chi connectivity index (χ1v) is 6.38. The molecule has 0 fully saturated rings. The number of carbonyl (C=O) groups excluding carboxylic acids is 1. The highest BCUT2D eigenvalue weighted by Gasteiger charge is 2.36. The van der Waals surface area contributed by atoms with Crippen LogP contribution in [0.2, 0.25) is 0 Å². The highest BCUT2D eigenvalue weighted by molar-refractivity contribution is 5.98. The lowest BCUT2D eigenvalue weighted by atomic mass is 10.1. The Morgan fingerprint density at radius 3 is 2.55 bits per heavy atom. The molecule has 0 saturated carbocycles. The number of halogens is 1. The van der Waals surface area contributed by atoms with Crippen molar-refractivity contribution in [3.8, 4) is 0 Å². The Hall–Kier alpha value is -2.20. The largest absolute Gasteiger partial charge is 0.357 e. The van der Waals surface area contributed by atoms with Gasteiger partial charge in [0.25, 0.3) is 5.91 Å². The van der Waals surface area contributed by atoms with Gasteiger partial charge in [0.15, 0.2) is 6.23 Å². The molecule has 0 aliphatic carbocycles. The van der Waals surface area contributed by atoms with E-state index >= 15 is 0 Å². The lowest BCUT2D eigenvalue weighted by molar-refractivity contribution is -0.0162. The van der Waals surface area contributed by atoms with Crippen molar-refractivity contribution in [3.63, 3.8) is 0 Å². The van der Waals surface area contributed by atoms with Crippen LogP contribution in [0.1, 0.15) is 27.7 Å². The van der Waals surface area contributed by atoms with Gasteiger partial charge in [-0.3, -0.25) is 4.79 Å². The molecule has 3 nitrogen and oxygen atoms in total. The van der Waals surface area contributed by atoms with Crippen LogP contribution in [0, 0.1) is 5.82 Å². The summed E-state index contributed by atoms with van der Waals surface area (Å²) in [6.07, 6.45) is -0.385. The summed E-state index contributed by atoms with van der Waals surface area (Å²) in [5, 5.41) is 0. The van der Waals surface area contributed by atoms with Gasteiger partial charge in [-0.15, -0.1) is 0 Å². The molecule has 1 aliphatic rings. The molecule has 1 atom stereocenters. The Bertz CT molecular complexity index is 639. The van der Waals surface area contributed by atoms with Crippen LogP contribution in [0.25, 0.3) is 0 Å². The maximum Gasteiger partial charge on any atom is 0.256 e. The predicted molar refractivity (Wildman–Crippen MR) is 72.5 cm³/mol. The number of methoxy groups -OCH3 is 1. The number of hydrogen-bond acceptors (Lipinski definition) is 2. The van der Waals surface area contributed by atoms with Gasteiger partial charge in [-0.05, 0) is 23.8 Å². The SMILES string of the molecule is CO[C@@H]1c2ccccc2C(=O)N1Cc1ccc(F)cc1. The minimum Gasteiger partial charge on any atom is -0.357 e. The highest BCUT2D eigenvalue weighted by atomic mass is 19.1. The number of benzene rings is 2. The molecule has 0 N–H and O–H groups in total. The van der Waals surface area contributed by atoms with Gasteiger partial charge in [0.2, 0.25) is 0 Å². The second-order valence-electron chi connectivity index (χ2n) is 4.73. The molecule has 4 heteroatoms. The molecular formula is C16H14FNO2. The van der Waals surface area contributed by atoms with Gasteiger partial charge in [0.1, 0.15) is 5.82 Å². The number of carbonyl (C=O) groups is 1. The van der Waals surface area contributed by atoms with Crippen molar-refractivity contribution in [2.24, 2.45) is 0 Å². The van der Waals surface area contributed by atoms with Crippen LogP contribution < -0.4 is 0 Å². The number of rotatable bonds is 3. The van der Waals surface area contributed by atoms with E-state index in [1.54, 1.807) is 30.2 Å². The quantitative estimate of drug-likeness (QED) is 0.858. The first kappa shape index (κ1) is 12.8. The van der Waals surface area contributed by atoms with Crippen molar-refractivity contribution in [3.05, 3.63) is 71.0 Å². The summed E-state index contributed by atoms with van der Waals surface area (Å²) in [6.45, 7) is 0.395. The van der Waals surface area contributed by atoms with Crippen molar-refractivity contribution in [2.75, 3.05) is 7.11 Å². The summed E-state index contributed by atoms with van der Waals surface area (Å²) < 4.78 is 18.4. The van der Waals surface area contributed by atoms with Crippen LogP contribution in [0.5, 0.6) is 0 Å². The Morgan fingerprint density at radius 1 is 1.15 bits per heavy atom. The minimum absolute atomic E-state index is 0.0585. The van der Waals surface area contributed by atoms with E-state index < -0.39 is 0 Å². The van der Waals surface area contributed by atoms with Crippen LogP contribution in [-0.2, 0) is 11.3 Å². The van der Waals surface area contributed by atoms with Crippen LogP contribution in [-0.4, -0.2) is 17.9 Å². The fraction of sp³-hybridized carbons (Fsp3) is 0.188. The lowest BCUT2D eigenvalue weighted by Gasteiger charge is -2.24. The maximum atomic E-state index is 12.9. The van der Waals surface area contributed by atoms with E-state index in [2.05, 4.69) is 0 Å². The summed E-state index contributed by atoms with van der Waals surface area (Å²) in [5.41, 5.74) is 2.41. The number of hydrogen-bond donors (Lipinski definition) is 0. The molecule has 0 aromatic heterocycles. The van der Waals surface area contributed by atoms with Gasteiger partial charge in [-0.25, -0.2) is 4.39 Å². The van der Waals surface area contributed by atoms with E-state index in [1.165, 1.54) is 12.1 Å². The summed E-state index contributed by atoms with van der Waals surface area (Å²) in [5.74, 6) is -0.343. The zero-order chi connectivity index (χ0) is 14.1. The van der Waals surface area contributed by atoms with Crippen molar-refractivity contribution in [2.45, 2.75) is 12.8 Å². The Balaban J connectivity index is 1.91. The Labute approximate surface area is 116 Å². The lowest BCUT2D eigenvalue weighted by Crippen LogP contribution is -2.28. The van der Waals surface area contributed by atoms with Crippen LogP contribution in [0.15, 0.2) is 48.5 Å². The van der Waals surface area contributed by atoms with E-state index in [0.29, 0.717) is 12.1 Å². The van der Waals surface area contributed by atoms with E-state index in [0.717, 1.165) is 11.1 Å². The van der Waals surface area contributed by atoms with Gasteiger partial charge in [0.05, 0.1) is 0 Å². The third-order valence-electron chi connectivity index (χ3n) is 3.49. The number of fused-ring (bicyclic) bond motifs is 1.